The van der Waals surface area contributed by atoms with E-state index < -0.39 is 0 Å². The van der Waals surface area contributed by atoms with Crippen LogP contribution in [-0.2, 0) is 9.47 Å². The number of likely N-dealkylation sites (tertiary alicyclic amines) is 1. The molecule has 2 saturated heterocycles. The first-order chi connectivity index (χ1) is 12.3. The van der Waals surface area contributed by atoms with Crippen LogP contribution in [0.3, 0.4) is 0 Å². The van der Waals surface area contributed by atoms with E-state index in [4.69, 9.17) is 9.47 Å². The average Bonchev–Trinajstić information content (AvgIpc) is 3.12. The minimum absolute atomic E-state index is 0.299. The molecule has 0 aliphatic carbocycles. The number of piperidine rings is 1. The van der Waals surface area contributed by atoms with E-state index >= 15 is 0 Å². The molecule has 0 aromatic carbocycles. The summed E-state index contributed by atoms with van der Waals surface area (Å²) in [7, 11) is 0. The SMILES string of the molecule is CCNC(=NCCCOC1CCOC1)NCCCN1CCCC(C)C1. The van der Waals surface area contributed by atoms with E-state index in [-0.39, 0.29) is 0 Å². The smallest absolute Gasteiger partial charge is 0.191 e. The second-order valence-corrected chi connectivity index (χ2v) is 7.30. The van der Waals surface area contributed by atoms with Crippen LogP contribution >= 0.6 is 0 Å². The van der Waals surface area contributed by atoms with Crippen LogP contribution in [-0.4, -0.2) is 76.1 Å². The quantitative estimate of drug-likeness (QED) is 0.356. The van der Waals surface area contributed by atoms with Crippen LogP contribution in [0.1, 0.15) is 46.0 Å². The summed E-state index contributed by atoms with van der Waals surface area (Å²) >= 11 is 0. The first kappa shape index (κ1) is 20.5. The first-order valence-electron chi connectivity index (χ1n) is 10.2. The Morgan fingerprint density at radius 2 is 2.20 bits per heavy atom. The molecule has 2 unspecified atom stereocenters. The van der Waals surface area contributed by atoms with Gasteiger partial charge in [-0.1, -0.05) is 6.92 Å². The zero-order valence-electron chi connectivity index (χ0n) is 16.3. The molecule has 2 atom stereocenters. The number of hydrogen-bond acceptors (Lipinski definition) is 4. The van der Waals surface area contributed by atoms with E-state index in [1.165, 1.54) is 38.9 Å². The van der Waals surface area contributed by atoms with E-state index in [9.17, 15) is 0 Å². The fraction of sp³-hybridized carbons (Fsp3) is 0.947. The molecule has 0 bridgehead atoms. The topological polar surface area (TPSA) is 58.1 Å². The van der Waals surface area contributed by atoms with E-state index in [1.807, 2.05) is 0 Å². The number of hydrogen-bond donors (Lipinski definition) is 2. The van der Waals surface area contributed by atoms with Crippen LogP contribution in [0.15, 0.2) is 4.99 Å². The Kier molecular flexibility index (Phi) is 10.2. The summed E-state index contributed by atoms with van der Waals surface area (Å²) in [6.45, 7) is 13.2. The van der Waals surface area contributed by atoms with Crippen molar-refractivity contribution in [3.05, 3.63) is 0 Å². The summed E-state index contributed by atoms with van der Waals surface area (Å²) in [6.07, 6.45) is 6.20. The molecule has 146 valence electrons. The highest BCUT2D eigenvalue weighted by Gasteiger charge is 2.16. The van der Waals surface area contributed by atoms with Crippen molar-refractivity contribution < 1.29 is 9.47 Å². The van der Waals surface area contributed by atoms with Gasteiger partial charge in [-0.25, -0.2) is 0 Å². The van der Waals surface area contributed by atoms with Crippen molar-refractivity contribution in [3.8, 4) is 0 Å². The van der Waals surface area contributed by atoms with E-state index in [2.05, 4.69) is 34.4 Å². The van der Waals surface area contributed by atoms with E-state index in [1.54, 1.807) is 0 Å². The molecule has 2 aliphatic heterocycles. The molecule has 0 aromatic heterocycles. The summed E-state index contributed by atoms with van der Waals surface area (Å²) < 4.78 is 11.1. The minimum Gasteiger partial charge on any atom is -0.379 e. The third kappa shape index (κ3) is 8.88. The van der Waals surface area contributed by atoms with Gasteiger partial charge in [-0.3, -0.25) is 4.99 Å². The fourth-order valence-corrected chi connectivity index (χ4v) is 3.49. The molecule has 2 rings (SSSR count). The Balaban J connectivity index is 1.53. The maximum Gasteiger partial charge on any atom is 0.191 e. The molecule has 0 saturated carbocycles. The van der Waals surface area contributed by atoms with Gasteiger partial charge in [-0.2, -0.15) is 0 Å². The molecule has 2 fully saturated rings. The van der Waals surface area contributed by atoms with Gasteiger partial charge in [-0.05, 0) is 58.0 Å². The van der Waals surface area contributed by atoms with Gasteiger partial charge in [0.05, 0.1) is 12.7 Å². The third-order valence-electron chi connectivity index (χ3n) is 4.84. The summed E-state index contributed by atoms with van der Waals surface area (Å²) in [4.78, 5) is 7.24. The largest absolute Gasteiger partial charge is 0.379 e. The van der Waals surface area contributed by atoms with Crippen LogP contribution in [0.2, 0.25) is 0 Å². The minimum atomic E-state index is 0.299. The third-order valence-corrected chi connectivity index (χ3v) is 4.84. The van der Waals surface area contributed by atoms with Crippen molar-refractivity contribution >= 4 is 5.96 Å². The van der Waals surface area contributed by atoms with Gasteiger partial charge in [0.25, 0.3) is 0 Å². The lowest BCUT2D eigenvalue weighted by Gasteiger charge is -2.30. The molecule has 2 heterocycles. The molecule has 0 aromatic rings. The van der Waals surface area contributed by atoms with Crippen molar-refractivity contribution in [1.29, 1.82) is 0 Å². The van der Waals surface area contributed by atoms with Crippen LogP contribution in [0.25, 0.3) is 0 Å². The summed E-state index contributed by atoms with van der Waals surface area (Å²) in [5, 5.41) is 6.78. The molecular formula is C19H38N4O2. The Bertz CT molecular complexity index is 372. The van der Waals surface area contributed by atoms with Crippen molar-refractivity contribution in [2.75, 3.05) is 59.1 Å². The number of rotatable bonds is 10. The number of ether oxygens (including phenoxy) is 2. The molecular weight excluding hydrogens is 316 g/mol. The summed E-state index contributed by atoms with van der Waals surface area (Å²) in [5.74, 6) is 1.79. The molecule has 6 heteroatoms. The summed E-state index contributed by atoms with van der Waals surface area (Å²) in [6, 6.07) is 0. The first-order valence-corrected chi connectivity index (χ1v) is 10.2. The number of aliphatic imine (C=N–C) groups is 1. The highest BCUT2D eigenvalue weighted by molar-refractivity contribution is 5.79. The number of guanidine groups is 1. The lowest BCUT2D eigenvalue weighted by Crippen LogP contribution is -2.40. The Labute approximate surface area is 153 Å². The van der Waals surface area contributed by atoms with Gasteiger partial charge < -0.3 is 25.0 Å². The monoisotopic (exact) mass is 354 g/mol. The van der Waals surface area contributed by atoms with Crippen LogP contribution < -0.4 is 10.6 Å². The average molecular weight is 355 g/mol. The molecule has 0 radical (unpaired) electrons. The predicted molar refractivity (Wildman–Crippen MR) is 103 cm³/mol. The lowest BCUT2D eigenvalue weighted by molar-refractivity contribution is 0.0424. The Hall–Kier alpha value is -0.850. The van der Waals surface area contributed by atoms with Gasteiger partial charge in [0.1, 0.15) is 0 Å². The van der Waals surface area contributed by atoms with Gasteiger partial charge >= 0.3 is 0 Å². The summed E-state index contributed by atoms with van der Waals surface area (Å²) in [5.41, 5.74) is 0. The normalized spacial score (nSPS) is 25.3. The van der Waals surface area contributed by atoms with E-state index in [0.717, 1.165) is 64.2 Å². The molecule has 2 N–H and O–H groups in total. The molecule has 25 heavy (non-hydrogen) atoms. The Morgan fingerprint density at radius 1 is 1.28 bits per heavy atom. The van der Waals surface area contributed by atoms with Crippen molar-refractivity contribution in [1.82, 2.24) is 15.5 Å². The van der Waals surface area contributed by atoms with Crippen molar-refractivity contribution in [2.45, 2.75) is 52.1 Å². The zero-order chi connectivity index (χ0) is 17.7. The molecule has 2 aliphatic rings. The van der Waals surface area contributed by atoms with Gasteiger partial charge in [0.2, 0.25) is 0 Å². The van der Waals surface area contributed by atoms with Crippen LogP contribution in [0.5, 0.6) is 0 Å². The maximum atomic E-state index is 5.78. The number of nitrogens with one attached hydrogen (secondary N) is 2. The van der Waals surface area contributed by atoms with Crippen molar-refractivity contribution in [3.63, 3.8) is 0 Å². The molecule has 0 amide bonds. The highest BCUT2D eigenvalue weighted by atomic mass is 16.5. The van der Waals surface area contributed by atoms with Crippen LogP contribution in [0, 0.1) is 5.92 Å². The molecule has 0 spiro atoms. The highest BCUT2D eigenvalue weighted by Crippen LogP contribution is 2.15. The van der Waals surface area contributed by atoms with Crippen LogP contribution in [0.4, 0.5) is 0 Å². The van der Waals surface area contributed by atoms with Gasteiger partial charge in [0, 0.05) is 39.4 Å². The fourth-order valence-electron chi connectivity index (χ4n) is 3.49. The standard InChI is InChI=1S/C19H38N4O2/c1-3-20-19(22-10-6-13-25-18-8-14-24-16-18)21-9-5-12-23-11-4-7-17(2)15-23/h17-18H,3-16H2,1-2H3,(H2,20,21,22). The second-order valence-electron chi connectivity index (χ2n) is 7.30. The van der Waals surface area contributed by atoms with Crippen molar-refractivity contribution in [2.24, 2.45) is 10.9 Å². The van der Waals surface area contributed by atoms with E-state index in [0.29, 0.717) is 6.10 Å². The Morgan fingerprint density at radius 3 is 2.96 bits per heavy atom. The number of nitrogens with zero attached hydrogens (tertiary/aromatic N) is 2. The van der Waals surface area contributed by atoms with Gasteiger partial charge in [-0.15, -0.1) is 0 Å². The van der Waals surface area contributed by atoms with Gasteiger partial charge in [0.15, 0.2) is 5.96 Å². The molecule has 6 nitrogen and oxygen atoms in total. The zero-order valence-corrected chi connectivity index (χ0v) is 16.3. The lowest BCUT2D eigenvalue weighted by atomic mass is 10.0. The maximum absolute atomic E-state index is 5.78. The predicted octanol–water partition coefficient (Wildman–Crippen LogP) is 1.86. The second kappa shape index (κ2) is 12.5.